The molecule has 1 aromatic carbocycles. The van der Waals surface area contributed by atoms with Gasteiger partial charge >= 0.3 is 0 Å². The van der Waals surface area contributed by atoms with Gasteiger partial charge in [0.15, 0.2) is 5.01 Å². The number of fused-ring (bicyclic) bond motifs is 1. The molecule has 0 unspecified atom stereocenters. The quantitative estimate of drug-likeness (QED) is 0.548. The van der Waals surface area contributed by atoms with E-state index >= 15 is 0 Å². The summed E-state index contributed by atoms with van der Waals surface area (Å²) in [6, 6.07) is 7.86. The molecule has 0 saturated heterocycles. The Balaban J connectivity index is 1.60. The zero-order valence-corrected chi connectivity index (χ0v) is 14.5. The van der Waals surface area contributed by atoms with E-state index in [4.69, 9.17) is 4.74 Å². The van der Waals surface area contributed by atoms with Gasteiger partial charge < -0.3 is 4.74 Å². The molecule has 3 aromatic heterocycles. The van der Waals surface area contributed by atoms with Crippen molar-refractivity contribution in [1.82, 2.24) is 29.6 Å². The lowest BCUT2D eigenvalue weighted by Crippen LogP contribution is -2.03. The number of benzene rings is 1. The number of hydrogen-bond donors (Lipinski definition) is 0. The third kappa shape index (κ3) is 2.98. The maximum atomic E-state index is 12.9. The van der Waals surface area contributed by atoms with Gasteiger partial charge in [0.1, 0.15) is 23.9 Å². The highest BCUT2D eigenvalue weighted by atomic mass is 32.1. The van der Waals surface area contributed by atoms with Gasteiger partial charge in [0, 0.05) is 6.54 Å². The number of rotatable bonds is 5. The van der Waals surface area contributed by atoms with Gasteiger partial charge in [-0.1, -0.05) is 11.3 Å². The van der Waals surface area contributed by atoms with Gasteiger partial charge in [0.25, 0.3) is 0 Å². The molecule has 25 heavy (non-hydrogen) atoms. The van der Waals surface area contributed by atoms with Crippen LogP contribution in [0.4, 0.5) is 4.39 Å². The van der Waals surface area contributed by atoms with Crippen LogP contribution in [-0.2, 0) is 13.2 Å². The van der Waals surface area contributed by atoms with Crippen LogP contribution in [0.15, 0.2) is 30.3 Å². The van der Waals surface area contributed by atoms with Crippen molar-refractivity contribution in [3.63, 3.8) is 0 Å². The van der Waals surface area contributed by atoms with Crippen LogP contribution in [-0.4, -0.2) is 29.6 Å². The molecular weight excluding hydrogens is 343 g/mol. The predicted octanol–water partition coefficient (Wildman–Crippen LogP) is 3.10. The lowest BCUT2D eigenvalue weighted by Gasteiger charge is -2.03. The van der Waals surface area contributed by atoms with Crippen LogP contribution in [0.5, 0.6) is 5.75 Å². The number of aryl methyl sites for hydroxylation is 2. The number of nitrogens with zero attached hydrogens (tertiary/aromatic N) is 6. The molecule has 0 atom stereocenters. The largest absolute Gasteiger partial charge is 0.486 e. The van der Waals surface area contributed by atoms with E-state index < -0.39 is 0 Å². The molecule has 0 bridgehead atoms. The highest BCUT2D eigenvalue weighted by Gasteiger charge is 2.17. The van der Waals surface area contributed by atoms with Crippen molar-refractivity contribution in [2.45, 2.75) is 27.0 Å². The van der Waals surface area contributed by atoms with Crippen LogP contribution in [0, 0.1) is 12.7 Å². The molecule has 0 fully saturated rings. The third-order valence-corrected chi connectivity index (χ3v) is 4.51. The van der Waals surface area contributed by atoms with E-state index in [1.807, 2.05) is 24.6 Å². The van der Waals surface area contributed by atoms with Crippen molar-refractivity contribution in [3.8, 4) is 17.3 Å². The van der Waals surface area contributed by atoms with Crippen molar-refractivity contribution in [2.24, 2.45) is 0 Å². The van der Waals surface area contributed by atoms with Gasteiger partial charge in [0.05, 0.1) is 5.69 Å². The van der Waals surface area contributed by atoms with Crippen molar-refractivity contribution in [3.05, 3.63) is 46.9 Å². The van der Waals surface area contributed by atoms with Gasteiger partial charge in [-0.25, -0.2) is 4.39 Å². The summed E-state index contributed by atoms with van der Waals surface area (Å²) in [5, 5.41) is 18.2. The summed E-state index contributed by atoms with van der Waals surface area (Å²) in [6.07, 6.45) is 0. The van der Waals surface area contributed by atoms with Crippen LogP contribution >= 0.6 is 11.3 Å². The molecule has 0 spiro atoms. The molecule has 0 aliphatic heterocycles. The van der Waals surface area contributed by atoms with Crippen molar-refractivity contribution >= 4 is 16.3 Å². The summed E-state index contributed by atoms with van der Waals surface area (Å²) in [5.41, 5.74) is 1.80. The van der Waals surface area contributed by atoms with Gasteiger partial charge in [-0.3, -0.25) is 4.68 Å². The normalized spacial score (nSPS) is 11.3. The third-order valence-electron chi connectivity index (χ3n) is 3.64. The molecule has 4 aromatic rings. The van der Waals surface area contributed by atoms with Gasteiger partial charge in [-0.05, 0) is 44.2 Å². The number of aromatic nitrogens is 6. The van der Waals surface area contributed by atoms with E-state index in [2.05, 4.69) is 20.4 Å². The molecule has 9 heteroatoms. The smallest absolute Gasteiger partial charge is 0.235 e. The van der Waals surface area contributed by atoms with Crippen LogP contribution in [0.1, 0.15) is 17.6 Å². The topological polar surface area (TPSA) is 70.1 Å². The average Bonchev–Trinajstić information content (AvgIpc) is 3.27. The first-order valence-electron chi connectivity index (χ1n) is 7.78. The van der Waals surface area contributed by atoms with Crippen LogP contribution in [0.2, 0.25) is 0 Å². The summed E-state index contributed by atoms with van der Waals surface area (Å²) >= 11 is 1.40. The van der Waals surface area contributed by atoms with Crippen LogP contribution in [0.25, 0.3) is 16.5 Å². The molecule has 0 amide bonds. The molecule has 0 N–H and O–H groups in total. The fourth-order valence-electron chi connectivity index (χ4n) is 2.52. The molecule has 3 heterocycles. The minimum Gasteiger partial charge on any atom is -0.486 e. The molecule has 0 aliphatic rings. The van der Waals surface area contributed by atoms with Gasteiger partial charge in [-0.2, -0.15) is 14.7 Å². The Morgan fingerprint density at radius 1 is 1.16 bits per heavy atom. The second-order valence-corrected chi connectivity index (χ2v) is 6.48. The highest BCUT2D eigenvalue weighted by Crippen LogP contribution is 2.23. The molecule has 0 radical (unpaired) electrons. The maximum Gasteiger partial charge on any atom is 0.235 e. The van der Waals surface area contributed by atoms with Crippen molar-refractivity contribution in [2.75, 3.05) is 0 Å². The molecular formula is C16H15FN6OS. The maximum absolute atomic E-state index is 12.9. The molecule has 128 valence electrons. The average molecular weight is 358 g/mol. The van der Waals surface area contributed by atoms with E-state index in [1.165, 1.54) is 23.5 Å². The zero-order valence-electron chi connectivity index (χ0n) is 13.7. The highest BCUT2D eigenvalue weighted by molar-refractivity contribution is 7.16. The fraction of sp³-hybridized carbons (Fsp3) is 0.250. The minimum atomic E-state index is -0.293. The van der Waals surface area contributed by atoms with Crippen LogP contribution < -0.4 is 4.74 Å². The lowest BCUT2D eigenvalue weighted by molar-refractivity contribution is 0.303. The summed E-state index contributed by atoms with van der Waals surface area (Å²) in [7, 11) is 0. The number of halogens is 1. The fourth-order valence-corrected chi connectivity index (χ4v) is 3.26. The Kier molecular flexibility index (Phi) is 3.92. The van der Waals surface area contributed by atoms with E-state index in [9.17, 15) is 4.39 Å². The van der Waals surface area contributed by atoms with Crippen molar-refractivity contribution in [1.29, 1.82) is 0 Å². The first-order chi connectivity index (χ1) is 12.1. The van der Waals surface area contributed by atoms with E-state index in [0.29, 0.717) is 16.5 Å². The SMILES string of the molecule is CCn1nc(C)cc1-c1nnc2sc(COc3ccc(F)cc3)nn12. The lowest BCUT2D eigenvalue weighted by atomic mass is 10.3. The van der Waals surface area contributed by atoms with E-state index in [1.54, 1.807) is 16.6 Å². The molecule has 0 aliphatic carbocycles. The number of hydrogen-bond acceptors (Lipinski definition) is 6. The summed E-state index contributed by atoms with van der Waals surface area (Å²) < 4.78 is 22.1. The first-order valence-corrected chi connectivity index (χ1v) is 8.60. The van der Waals surface area contributed by atoms with Gasteiger partial charge in [-0.15, -0.1) is 10.2 Å². The summed E-state index contributed by atoms with van der Waals surface area (Å²) in [5.74, 6) is 0.951. The second-order valence-electron chi connectivity index (χ2n) is 5.44. The van der Waals surface area contributed by atoms with Crippen LogP contribution in [0.3, 0.4) is 0 Å². The van der Waals surface area contributed by atoms with Crippen molar-refractivity contribution < 1.29 is 9.13 Å². The Bertz CT molecular complexity index is 1020. The Hall–Kier alpha value is -2.81. The summed E-state index contributed by atoms with van der Waals surface area (Å²) in [4.78, 5) is 0.689. The first kappa shape index (κ1) is 15.7. The van der Waals surface area contributed by atoms with E-state index in [-0.39, 0.29) is 12.4 Å². The Morgan fingerprint density at radius 2 is 1.96 bits per heavy atom. The monoisotopic (exact) mass is 358 g/mol. The number of ether oxygens (including phenoxy) is 1. The minimum absolute atomic E-state index is 0.283. The standard InChI is InChI=1S/C16H15FN6OS/c1-3-22-13(8-10(2)20-22)15-18-19-16-23(15)21-14(25-16)9-24-12-6-4-11(17)5-7-12/h4-8H,3,9H2,1-2H3. The van der Waals surface area contributed by atoms with E-state index in [0.717, 1.165) is 22.9 Å². The Labute approximate surface area is 146 Å². The second kappa shape index (κ2) is 6.25. The molecule has 0 saturated carbocycles. The Morgan fingerprint density at radius 3 is 2.72 bits per heavy atom. The van der Waals surface area contributed by atoms with Gasteiger partial charge in [0.2, 0.25) is 10.8 Å². The molecule has 4 rings (SSSR count). The summed E-state index contributed by atoms with van der Waals surface area (Å²) in [6.45, 7) is 4.99. The molecule has 7 nitrogen and oxygen atoms in total. The predicted molar refractivity (Wildman–Crippen MR) is 91.0 cm³/mol. The zero-order chi connectivity index (χ0) is 17.4.